The van der Waals surface area contributed by atoms with Crippen LogP contribution in [0.5, 0.6) is 0 Å². The highest BCUT2D eigenvalue weighted by Gasteiger charge is 2.31. The summed E-state index contributed by atoms with van der Waals surface area (Å²) in [6.45, 7) is 1.77. The average Bonchev–Trinajstić information content (AvgIpc) is 2.56. The number of rotatable bonds is 2. The molecule has 4 nitrogen and oxygen atoms in total. The van der Waals surface area contributed by atoms with Gasteiger partial charge in [0.05, 0.1) is 5.69 Å². The van der Waals surface area contributed by atoms with Gasteiger partial charge in [0.2, 0.25) is 0 Å². The van der Waals surface area contributed by atoms with E-state index in [9.17, 15) is 4.79 Å². The first-order chi connectivity index (χ1) is 7.25. The van der Waals surface area contributed by atoms with Crippen molar-refractivity contribution in [2.45, 2.75) is 19.1 Å². The van der Waals surface area contributed by atoms with Crippen LogP contribution in [-0.4, -0.2) is 24.6 Å². The van der Waals surface area contributed by atoms with E-state index >= 15 is 0 Å². The molecule has 1 aliphatic heterocycles. The van der Waals surface area contributed by atoms with Gasteiger partial charge >= 0.3 is 6.16 Å². The first kappa shape index (κ1) is 9.71. The van der Waals surface area contributed by atoms with Crippen LogP contribution in [0.2, 0.25) is 0 Å². The van der Waals surface area contributed by atoms with Crippen molar-refractivity contribution in [1.29, 1.82) is 0 Å². The van der Waals surface area contributed by atoms with E-state index in [1.54, 1.807) is 13.1 Å². The number of para-hydroxylation sites is 1. The molecule has 2 atom stereocenters. The van der Waals surface area contributed by atoms with Crippen LogP contribution in [0.3, 0.4) is 0 Å². The number of hydrogen-bond acceptors (Lipinski definition) is 4. The highest BCUT2D eigenvalue weighted by Crippen LogP contribution is 2.15. The molecule has 1 aromatic carbocycles. The fourth-order valence-electron chi connectivity index (χ4n) is 1.28. The smallest absolute Gasteiger partial charge is 0.427 e. The Morgan fingerprint density at radius 1 is 1.27 bits per heavy atom. The minimum absolute atomic E-state index is 0.273. The standard InChI is InChI=1S/C11H11NO3/c1-8-10(15-11(13)14-8)7-12-9-5-3-2-4-6-9/h2-8,10H,1H3. The number of cyclic esters (lactones) is 2. The van der Waals surface area contributed by atoms with Gasteiger partial charge in [0.15, 0.2) is 6.10 Å². The lowest BCUT2D eigenvalue weighted by Gasteiger charge is -2.03. The molecule has 0 aliphatic carbocycles. The van der Waals surface area contributed by atoms with E-state index in [2.05, 4.69) is 4.99 Å². The third kappa shape index (κ3) is 2.34. The summed E-state index contributed by atoms with van der Waals surface area (Å²) in [4.78, 5) is 15.0. The second kappa shape index (κ2) is 4.13. The minimum atomic E-state index is -0.632. The zero-order valence-electron chi connectivity index (χ0n) is 8.29. The van der Waals surface area contributed by atoms with Gasteiger partial charge in [0.1, 0.15) is 6.10 Å². The Bertz CT molecular complexity index is 375. The lowest BCUT2D eigenvalue weighted by Crippen LogP contribution is -2.20. The molecule has 0 bridgehead atoms. The molecule has 0 saturated carbocycles. The Labute approximate surface area is 87.5 Å². The summed E-state index contributed by atoms with van der Waals surface area (Å²) < 4.78 is 9.69. The Morgan fingerprint density at radius 2 is 2.00 bits per heavy atom. The SMILES string of the molecule is CC1OC(=O)OC1C=Nc1ccccc1. The molecule has 1 heterocycles. The maximum absolute atomic E-state index is 10.8. The Kier molecular flexibility index (Phi) is 2.67. The topological polar surface area (TPSA) is 47.9 Å². The van der Waals surface area contributed by atoms with Crippen molar-refractivity contribution in [3.05, 3.63) is 30.3 Å². The highest BCUT2D eigenvalue weighted by atomic mass is 16.8. The van der Waals surface area contributed by atoms with E-state index in [0.29, 0.717) is 0 Å². The molecule has 78 valence electrons. The number of aliphatic imine (C=N–C) groups is 1. The van der Waals surface area contributed by atoms with E-state index in [1.165, 1.54) is 0 Å². The molecule has 2 rings (SSSR count). The molecule has 1 saturated heterocycles. The van der Waals surface area contributed by atoms with E-state index in [0.717, 1.165) is 5.69 Å². The van der Waals surface area contributed by atoms with Gasteiger partial charge in [0.25, 0.3) is 0 Å². The van der Waals surface area contributed by atoms with Crippen molar-refractivity contribution in [3.63, 3.8) is 0 Å². The van der Waals surface area contributed by atoms with Crippen LogP contribution in [0.1, 0.15) is 6.92 Å². The number of carbonyl (C=O) groups is 1. The summed E-state index contributed by atoms with van der Waals surface area (Å²) in [5.41, 5.74) is 0.827. The summed E-state index contributed by atoms with van der Waals surface area (Å²) in [7, 11) is 0. The van der Waals surface area contributed by atoms with Crippen molar-refractivity contribution < 1.29 is 14.3 Å². The van der Waals surface area contributed by atoms with Crippen molar-refractivity contribution in [3.8, 4) is 0 Å². The second-order valence-electron chi connectivity index (χ2n) is 3.27. The number of benzene rings is 1. The molecule has 0 spiro atoms. The van der Waals surface area contributed by atoms with Gasteiger partial charge in [-0.15, -0.1) is 0 Å². The van der Waals surface area contributed by atoms with Crippen LogP contribution in [-0.2, 0) is 9.47 Å². The third-order valence-corrected chi connectivity index (χ3v) is 2.10. The Morgan fingerprint density at radius 3 is 2.60 bits per heavy atom. The fourth-order valence-corrected chi connectivity index (χ4v) is 1.28. The average molecular weight is 205 g/mol. The quantitative estimate of drug-likeness (QED) is 0.549. The molecule has 2 unspecified atom stereocenters. The van der Waals surface area contributed by atoms with Gasteiger partial charge in [-0.05, 0) is 19.1 Å². The van der Waals surface area contributed by atoms with E-state index in [1.807, 2.05) is 30.3 Å². The third-order valence-electron chi connectivity index (χ3n) is 2.10. The molecule has 0 amide bonds. The molecule has 1 aliphatic rings. The first-order valence-corrected chi connectivity index (χ1v) is 4.72. The number of hydrogen-bond donors (Lipinski definition) is 0. The zero-order chi connectivity index (χ0) is 10.7. The molecule has 4 heteroatoms. The first-order valence-electron chi connectivity index (χ1n) is 4.72. The maximum Gasteiger partial charge on any atom is 0.509 e. The minimum Gasteiger partial charge on any atom is -0.427 e. The number of nitrogens with zero attached hydrogens (tertiary/aromatic N) is 1. The van der Waals surface area contributed by atoms with Crippen LogP contribution in [0.4, 0.5) is 10.5 Å². The largest absolute Gasteiger partial charge is 0.509 e. The van der Waals surface area contributed by atoms with Crippen LogP contribution in [0.25, 0.3) is 0 Å². The summed E-state index contributed by atoms with van der Waals surface area (Å²) in [6, 6.07) is 9.46. The molecule has 15 heavy (non-hydrogen) atoms. The Balaban J connectivity index is 2.03. The normalized spacial score (nSPS) is 25.3. The van der Waals surface area contributed by atoms with Gasteiger partial charge < -0.3 is 9.47 Å². The van der Waals surface area contributed by atoms with E-state index < -0.39 is 12.3 Å². The monoisotopic (exact) mass is 205 g/mol. The van der Waals surface area contributed by atoms with Gasteiger partial charge in [-0.1, -0.05) is 18.2 Å². The van der Waals surface area contributed by atoms with Gasteiger partial charge in [-0.2, -0.15) is 0 Å². The summed E-state index contributed by atoms with van der Waals surface area (Å²) in [5, 5.41) is 0. The van der Waals surface area contributed by atoms with E-state index in [4.69, 9.17) is 9.47 Å². The van der Waals surface area contributed by atoms with Crippen LogP contribution in [0.15, 0.2) is 35.3 Å². The number of carbonyl (C=O) groups excluding carboxylic acids is 1. The summed E-state index contributed by atoms with van der Waals surface area (Å²) in [5.74, 6) is 0. The molecule has 0 aromatic heterocycles. The Hall–Kier alpha value is -1.84. The molecule has 1 aromatic rings. The molecule has 0 N–H and O–H groups in total. The summed E-state index contributed by atoms with van der Waals surface area (Å²) in [6.07, 6.45) is 0.292. The van der Waals surface area contributed by atoms with Crippen molar-refractivity contribution in [2.75, 3.05) is 0 Å². The lowest BCUT2D eigenvalue weighted by molar-refractivity contribution is 0.120. The maximum atomic E-state index is 10.8. The van der Waals surface area contributed by atoms with Crippen molar-refractivity contribution in [1.82, 2.24) is 0 Å². The predicted octanol–water partition coefficient (Wildman–Crippen LogP) is 2.31. The number of ether oxygens (including phenoxy) is 2. The molecule has 1 fully saturated rings. The molecule has 0 radical (unpaired) electrons. The zero-order valence-corrected chi connectivity index (χ0v) is 8.29. The summed E-state index contributed by atoms with van der Waals surface area (Å²) >= 11 is 0. The molecular formula is C11H11NO3. The van der Waals surface area contributed by atoms with Gasteiger partial charge in [-0.3, -0.25) is 4.99 Å². The van der Waals surface area contributed by atoms with Gasteiger partial charge in [-0.25, -0.2) is 4.79 Å². The second-order valence-corrected chi connectivity index (χ2v) is 3.27. The fraction of sp³-hybridized carbons (Fsp3) is 0.273. The van der Waals surface area contributed by atoms with Crippen LogP contribution >= 0.6 is 0 Å². The lowest BCUT2D eigenvalue weighted by atomic mass is 10.2. The molecular weight excluding hydrogens is 194 g/mol. The highest BCUT2D eigenvalue weighted by molar-refractivity contribution is 5.75. The van der Waals surface area contributed by atoms with Crippen LogP contribution in [0, 0.1) is 0 Å². The predicted molar refractivity (Wildman–Crippen MR) is 55.4 cm³/mol. The van der Waals surface area contributed by atoms with Crippen molar-refractivity contribution in [2.24, 2.45) is 4.99 Å². The van der Waals surface area contributed by atoms with E-state index in [-0.39, 0.29) is 6.10 Å². The van der Waals surface area contributed by atoms with Gasteiger partial charge in [0, 0.05) is 6.21 Å². The van der Waals surface area contributed by atoms with Crippen molar-refractivity contribution >= 4 is 18.1 Å². The van der Waals surface area contributed by atoms with Crippen LogP contribution < -0.4 is 0 Å².